The van der Waals surface area contributed by atoms with Crippen LogP contribution in [0.15, 0.2) is 33.9 Å². The molecule has 4 aromatic rings. The number of amides is 1. The number of aryl methyl sites for hydroxylation is 1. The molecule has 216 valence electrons. The van der Waals surface area contributed by atoms with E-state index in [-0.39, 0.29) is 30.3 Å². The SMILES string of the molecule is CC#CCn1c(N2CCCC(NC(=O)[C@@H](O)C(C)(C)N)C2)nc2c1c(=O)n(Cc1nc3ccccc3s1)c(=O)n2C. The normalized spacial score (nSPS) is 16.5. The van der Waals surface area contributed by atoms with Gasteiger partial charge in [0.2, 0.25) is 5.95 Å². The number of aliphatic hydroxyl groups excluding tert-OH is 1. The van der Waals surface area contributed by atoms with Crippen molar-refractivity contribution in [1.29, 1.82) is 0 Å². The molecule has 1 unspecified atom stereocenters. The first-order valence-corrected chi connectivity index (χ1v) is 14.3. The molecule has 0 spiro atoms. The number of rotatable bonds is 7. The Morgan fingerprint density at radius 1 is 1.27 bits per heavy atom. The summed E-state index contributed by atoms with van der Waals surface area (Å²) in [6.45, 7) is 6.18. The highest BCUT2D eigenvalue weighted by Gasteiger charge is 2.33. The number of imidazole rings is 1. The number of benzene rings is 1. The third-order valence-corrected chi connectivity index (χ3v) is 8.28. The van der Waals surface area contributed by atoms with Crippen molar-refractivity contribution in [1.82, 2.24) is 29.0 Å². The van der Waals surface area contributed by atoms with Crippen LogP contribution in [0.2, 0.25) is 0 Å². The Kier molecular flexibility index (Phi) is 7.74. The Bertz CT molecular complexity index is 1770. The molecule has 13 heteroatoms. The van der Waals surface area contributed by atoms with Crippen molar-refractivity contribution in [3.8, 4) is 11.8 Å². The predicted octanol–water partition coefficient (Wildman–Crippen LogP) is 0.761. The van der Waals surface area contributed by atoms with Gasteiger partial charge in [-0.05, 0) is 45.7 Å². The van der Waals surface area contributed by atoms with E-state index in [2.05, 4.69) is 22.1 Å². The number of nitrogens with one attached hydrogen (secondary N) is 1. The molecule has 1 aliphatic rings. The van der Waals surface area contributed by atoms with E-state index in [1.165, 1.54) is 20.5 Å². The minimum Gasteiger partial charge on any atom is -0.381 e. The maximum atomic E-state index is 13.9. The molecule has 0 aliphatic carbocycles. The van der Waals surface area contributed by atoms with Gasteiger partial charge in [-0.25, -0.2) is 9.78 Å². The lowest BCUT2D eigenvalue weighted by Gasteiger charge is -2.35. The molecule has 0 saturated carbocycles. The van der Waals surface area contributed by atoms with Gasteiger partial charge in [0.05, 0.1) is 23.3 Å². The van der Waals surface area contributed by atoms with Gasteiger partial charge in [-0.15, -0.1) is 17.3 Å². The summed E-state index contributed by atoms with van der Waals surface area (Å²) in [5, 5.41) is 13.9. The Hall–Kier alpha value is -3.99. The number of aliphatic hydroxyl groups is 1. The van der Waals surface area contributed by atoms with Gasteiger partial charge in [-0.3, -0.25) is 23.3 Å². The molecule has 1 fully saturated rings. The van der Waals surface area contributed by atoms with E-state index >= 15 is 0 Å². The van der Waals surface area contributed by atoms with Gasteiger partial charge < -0.3 is 21.1 Å². The molecule has 4 heterocycles. The molecule has 1 aliphatic heterocycles. The maximum absolute atomic E-state index is 13.9. The monoisotopic (exact) mass is 578 g/mol. The smallest absolute Gasteiger partial charge is 0.332 e. The molecule has 5 rings (SSSR count). The lowest BCUT2D eigenvalue weighted by atomic mass is 9.97. The number of aromatic nitrogens is 5. The summed E-state index contributed by atoms with van der Waals surface area (Å²) in [7, 11) is 1.60. The van der Waals surface area contributed by atoms with E-state index < -0.39 is 28.8 Å². The predicted molar refractivity (Wildman–Crippen MR) is 159 cm³/mol. The van der Waals surface area contributed by atoms with E-state index in [9.17, 15) is 19.5 Å². The van der Waals surface area contributed by atoms with Crippen LogP contribution in [0.1, 0.15) is 38.6 Å². The Balaban J connectivity index is 1.53. The third-order valence-electron chi connectivity index (χ3n) is 7.26. The van der Waals surface area contributed by atoms with Crippen molar-refractivity contribution in [3.63, 3.8) is 0 Å². The van der Waals surface area contributed by atoms with Crippen LogP contribution < -0.4 is 27.2 Å². The van der Waals surface area contributed by atoms with E-state index in [0.717, 1.165) is 16.6 Å². The molecule has 0 radical (unpaired) electrons. The summed E-state index contributed by atoms with van der Waals surface area (Å²) in [4.78, 5) is 51.2. The van der Waals surface area contributed by atoms with Crippen molar-refractivity contribution in [2.24, 2.45) is 12.8 Å². The van der Waals surface area contributed by atoms with Crippen LogP contribution in [0.4, 0.5) is 5.95 Å². The van der Waals surface area contributed by atoms with Crippen molar-refractivity contribution >= 4 is 44.6 Å². The fourth-order valence-corrected chi connectivity index (χ4v) is 6.02. The first-order valence-electron chi connectivity index (χ1n) is 13.5. The van der Waals surface area contributed by atoms with Gasteiger partial charge in [0.25, 0.3) is 11.5 Å². The van der Waals surface area contributed by atoms with Crippen molar-refractivity contribution < 1.29 is 9.90 Å². The first-order chi connectivity index (χ1) is 19.5. The maximum Gasteiger partial charge on any atom is 0.332 e. The van der Waals surface area contributed by atoms with E-state index in [1.807, 2.05) is 29.2 Å². The summed E-state index contributed by atoms with van der Waals surface area (Å²) < 4.78 is 5.29. The van der Waals surface area contributed by atoms with Gasteiger partial charge >= 0.3 is 5.69 Å². The molecule has 2 atom stereocenters. The number of hydrogen-bond donors (Lipinski definition) is 3. The summed E-state index contributed by atoms with van der Waals surface area (Å²) in [6, 6.07) is 7.41. The minimum absolute atomic E-state index is 0.0401. The molecule has 41 heavy (non-hydrogen) atoms. The number of carbonyl (C=O) groups is 1. The molecule has 1 amide bonds. The minimum atomic E-state index is -1.36. The van der Waals surface area contributed by atoms with Crippen molar-refractivity contribution in [3.05, 3.63) is 50.1 Å². The number of hydrogen-bond acceptors (Lipinski definition) is 9. The van der Waals surface area contributed by atoms with Crippen LogP contribution in [-0.2, 0) is 24.9 Å². The van der Waals surface area contributed by atoms with E-state index in [4.69, 9.17) is 10.7 Å². The topological polar surface area (TPSA) is 153 Å². The molecule has 12 nitrogen and oxygen atoms in total. The molecular weight excluding hydrogens is 544 g/mol. The second kappa shape index (κ2) is 11.1. The summed E-state index contributed by atoms with van der Waals surface area (Å²) in [6.07, 6.45) is 0.101. The quantitative estimate of drug-likeness (QED) is 0.272. The number of thiazole rings is 1. The molecule has 1 aromatic carbocycles. The third kappa shape index (κ3) is 5.50. The van der Waals surface area contributed by atoms with Crippen molar-refractivity contribution in [2.45, 2.75) is 64.4 Å². The number of carbonyl (C=O) groups excluding carboxylic acids is 1. The van der Waals surface area contributed by atoms with Crippen LogP contribution >= 0.6 is 11.3 Å². The largest absolute Gasteiger partial charge is 0.381 e. The Morgan fingerprint density at radius 2 is 2.02 bits per heavy atom. The zero-order valence-corrected chi connectivity index (χ0v) is 24.4. The first kappa shape index (κ1) is 28.5. The molecule has 4 N–H and O–H groups in total. The fraction of sp³-hybridized carbons (Fsp3) is 0.464. The summed E-state index contributed by atoms with van der Waals surface area (Å²) in [5.41, 5.74) is 5.25. The zero-order chi connectivity index (χ0) is 29.5. The lowest BCUT2D eigenvalue weighted by Crippen LogP contribution is -2.57. The van der Waals surface area contributed by atoms with Gasteiger partial charge in [0, 0.05) is 31.7 Å². The number of piperidine rings is 1. The Labute approximate surface area is 240 Å². The number of nitrogens with zero attached hydrogens (tertiary/aromatic N) is 6. The number of para-hydroxylation sites is 1. The molecular formula is C28H34N8O4S. The van der Waals surface area contributed by atoms with Gasteiger partial charge in [-0.2, -0.15) is 4.98 Å². The van der Waals surface area contributed by atoms with Crippen LogP contribution in [-0.4, -0.2) is 65.5 Å². The van der Waals surface area contributed by atoms with Gasteiger partial charge in [0.1, 0.15) is 11.1 Å². The molecule has 0 bridgehead atoms. The fourth-order valence-electron chi connectivity index (χ4n) is 5.07. The summed E-state index contributed by atoms with van der Waals surface area (Å²) >= 11 is 1.44. The highest BCUT2D eigenvalue weighted by Crippen LogP contribution is 2.25. The zero-order valence-electron chi connectivity index (χ0n) is 23.5. The molecule has 3 aromatic heterocycles. The number of anilines is 1. The van der Waals surface area contributed by atoms with Gasteiger partial charge in [0.15, 0.2) is 11.2 Å². The lowest BCUT2D eigenvalue weighted by molar-refractivity contribution is -0.132. The standard InChI is InChI=1S/C28H34N8O4S/c1-5-6-14-35-21-23(32-26(35)34-13-9-10-17(15-34)30-24(38)22(37)28(2,3)29)33(4)27(40)36(25(21)39)16-20-31-18-11-7-8-12-19(18)41-20/h7-8,11-12,17,22,37H,9-10,13-16,29H2,1-4H3,(H,30,38)/t17?,22-/m1/s1. The average Bonchev–Trinajstić information content (AvgIpc) is 3.53. The highest BCUT2D eigenvalue weighted by molar-refractivity contribution is 7.18. The number of nitrogens with two attached hydrogens (primary N) is 1. The van der Waals surface area contributed by atoms with Crippen LogP contribution in [0.3, 0.4) is 0 Å². The second-order valence-electron chi connectivity index (χ2n) is 10.9. The highest BCUT2D eigenvalue weighted by atomic mass is 32.1. The second-order valence-corrected chi connectivity index (χ2v) is 12.0. The van der Waals surface area contributed by atoms with Crippen molar-refractivity contribution in [2.75, 3.05) is 18.0 Å². The van der Waals surface area contributed by atoms with Gasteiger partial charge in [-0.1, -0.05) is 18.1 Å². The van der Waals surface area contributed by atoms with E-state index in [1.54, 1.807) is 32.4 Å². The average molecular weight is 579 g/mol. The number of fused-ring (bicyclic) bond motifs is 2. The summed E-state index contributed by atoms with van der Waals surface area (Å²) in [5.74, 6) is 5.87. The Morgan fingerprint density at radius 3 is 2.73 bits per heavy atom. The van der Waals surface area contributed by atoms with Crippen LogP contribution in [0.25, 0.3) is 21.4 Å². The van der Waals surface area contributed by atoms with Crippen LogP contribution in [0.5, 0.6) is 0 Å². The van der Waals surface area contributed by atoms with Crippen LogP contribution in [0, 0.1) is 11.8 Å². The molecule has 1 saturated heterocycles. The van der Waals surface area contributed by atoms with E-state index in [0.29, 0.717) is 30.5 Å².